The van der Waals surface area contributed by atoms with Gasteiger partial charge in [0.25, 0.3) is 11.1 Å². The number of rotatable bonds is 5. The highest BCUT2D eigenvalue weighted by molar-refractivity contribution is 8.18. The molecule has 0 unspecified atom stereocenters. The summed E-state index contributed by atoms with van der Waals surface area (Å²) in [4.78, 5) is 53.4. The molecule has 8 nitrogen and oxygen atoms in total. The fourth-order valence-corrected chi connectivity index (χ4v) is 5.24. The first kappa shape index (κ1) is 23.8. The van der Waals surface area contributed by atoms with Crippen molar-refractivity contribution in [2.75, 3.05) is 26.7 Å². The van der Waals surface area contributed by atoms with E-state index < -0.39 is 17.1 Å². The third kappa shape index (κ3) is 4.52. The number of aromatic nitrogens is 1. The van der Waals surface area contributed by atoms with Crippen molar-refractivity contribution in [2.45, 2.75) is 33.1 Å². The number of hydrogen-bond acceptors (Lipinski definition) is 6. The molecule has 2 saturated heterocycles. The Morgan fingerprint density at radius 1 is 1.09 bits per heavy atom. The highest BCUT2D eigenvalue weighted by atomic mass is 32.2. The predicted molar refractivity (Wildman–Crippen MR) is 130 cm³/mol. The summed E-state index contributed by atoms with van der Waals surface area (Å²) in [7, 11) is 1.34. The van der Waals surface area contributed by atoms with Crippen molar-refractivity contribution in [3.05, 3.63) is 57.8 Å². The Morgan fingerprint density at radius 3 is 2.50 bits per heavy atom. The van der Waals surface area contributed by atoms with E-state index in [1.807, 2.05) is 36.6 Å². The summed E-state index contributed by atoms with van der Waals surface area (Å²) in [6, 6.07) is 9.04. The molecule has 0 bridgehead atoms. The lowest BCUT2D eigenvalue weighted by atomic mass is 10.1. The molecule has 2 fully saturated rings. The van der Waals surface area contributed by atoms with Crippen LogP contribution in [0.2, 0.25) is 0 Å². The fraction of sp³-hybridized carbons (Fsp3) is 0.360. The summed E-state index contributed by atoms with van der Waals surface area (Å²) in [5, 5.41) is -0.438. The van der Waals surface area contributed by atoms with Crippen LogP contribution in [-0.4, -0.2) is 64.1 Å². The normalized spacial score (nSPS) is 17.6. The highest BCUT2D eigenvalue weighted by Crippen LogP contribution is 2.34. The van der Waals surface area contributed by atoms with E-state index in [9.17, 15) is 19.2 Å². The second kappa shape index (κ2) is 9.89. The second-order valence-corrected chi connectivity index (χ2v) is 9.37. The monoisotopic (exact) mass is 481 g/mol. The molecule has 178 valence electrons. The molecule has 34 heavy (non-hydrogen) atoms. The number of imide groups is 1. The number of ether oxygens (including phenoxy) is 1. The molecule has 0 saturated carbocycles. The van der Waals surface area contributed by atoms with Crippen molar-refractivity contribution >= 4 is 40.9 Å². The minimum atomic E-state index is -0.458. The van der Waals surface area contributed by atoms with E-state index in [1.54, 1.807) is 23.1 Å². The standard InChI is InChI=1S/C25H27N3O5S/c1-16-13-18(17(2)28(16)20-10-6-5-9-19(20)24(31)33-3)14-21-23(30)27(25(32)34-21)15-22(29)26-11-7-4-8-12-26/h5-6,9-10,13-14H,4,7-8,11-12,15H2,1-3H3/b21-14-. The van der Waals surface area contributed by atoms with Crippen molar-refractivity contribution in [2.24, 2.45) is 0 Å². The number of benzene rings is 1. The Kier molecular flexibility index (Phi) is 6.92. The van der Waals surface area contributed by atoms with Gasteiger partial charge >= 0.3 is 5.97 Å². The number of para-hydroxylation sites is 1. The molecule has 0 aliphatic carbocycles. The molecule has 2 aromatic rings. The highest BCUT2D eigenvalue weighted by Gasteiger charge is 2.37. The van der Waals surface area contributed by atoms with Crippen LogP contribution in [0.3, 0.4) is 0 Å². The lowest BCUT2D eigenvalue weighted by Gasteiger charge is -2.27. The lowest BCUT2D eigenvalue weighted by molar-refractivity contribution is -0.136. The first-order valence-electron chi connectivity index (χ1n) is 11.2. The van der Waals surface area contributed by atoms with Crippen LogP contribution < -0.4 is 0 Å². The zero-order chi connectivity index (χ0) is 24.4. The zero-order valence-electron chi connectivity index (χ0n) is 19.5. The summed E-state index contributed by atoms with van der Waals surface area (Å²) in [6.45, 7) is 4.90. The number of amides is 3. The number of nitrogens with zero attached hydrogens (tertiary/aromatic N) is 3. The maximum absolute atomic E-state index is 13.0. The van der Waals surface area contributed by atoms with Crippen molar-refractivity contribution < 1.29 is 23.9 Å². The van der Waals surface area contributed by atoms with Gasteiger partial charge in [-0.2, -0.15) is 0 Å². The molecular formula is C25H27N3O5S. The largest absolute Gasteiger partial charge is 0.465 e. The SMILES string of the molecule is COC(=O)c1ccccc1-n1c(C)cc(/C=C2\SC(=O)N(CC(=O)N3CCCCC3)C2=O)c1C. The first-order valence-corrected chi connectivity index (χ1v) is 12.0. The smallest absolute Gasteiger partial charge is 0.339 e. The number of carbonyl (C=O) groups excluding carboxylic acids is 4. The average molecular weight is 482 g/mol. The number of carbonyl (C=O) groups is 4. The lowest BCUT2D eigenvalue weighted by Crippen LogP contribution is -2.44. The van der Waals surface area contributed by atoms with Crippen LogP contribution >= 0.6 is 11.8 Å². The van der Waals surface area contributed by atoms with Gasteiger partial charge in [0.05, 0.1) is 23.3 Å². The van der Waals surface area contributed by atoms with Crippen LogP contribution in [0.15, 0.2) is 35.2 Å². The van der Waals surface area contributed by atoms with Crippen molar-refractivity contribution in [3.63, 3.8) is 0 Å². The van der Waals surface area contributed by atoms with Crippen molar-refractivity contribution in [1.29, 1.82) is 0 Å². The van der Waals surface area contributed by atoms with Gasteiger partial charge in [0, 0.05) is 24.5 Å². The summed E-state index contributed by atoms with van der Waals surface area (Å²) in [5.41, 5.74) is 3.52. The summed E-state index contributed by atoms with van der Waals surface area (Å²) in [5.74, 6) is -1.09. The van der Waals surface area contributed by atoms with Crippen LogP contribution in [0.1, 0.15) is 46.6 Å². The Labute approximate surface area is 202 Å². The van der Waals surface area contributed by atoms with Gasteiger partial charge in [-0.1, -0.05) is 12.1 Å². The summed E-state index contributed by atoms with van der Waals surface area (Å²) in [6.07, 6.45) is 4.66. The Hall–Kier alpha value is -3.33. The molecule has 0 atom stereocenters. The van der Waals surface area contributed by atoms with Gasteiger partial charge in [-0.25, -0.2) is 4.79 Å². The van der Waals surface area contributed by atoms with Gasteiger partial charge in [-0.15, -0.1) is 0 Å². The van der Waals surface area contributed by atoms with Gasteiger partial charge in [0.1, 0.15) is 6.54 Å². The molecule has 3 amide bonds. The number of esters is 1. The van der Waals surface area contributed by atoms with E-state index in [0.29, 0.717) is 24.3 Å². The van der Waals surface area contributed by atoms with Gasteiger partial charge in [0.2, 0.25) is 5.91 Å². The number of thioether (sulfide) groups is 1. The average Bonchev–Trinajstić information content (AvgIpc) is 3.27. The minimum absolute atomic E-state index is 0.194. The van der Waals surface area contributed by atoms with Gasteiger partial charge < -0.3 is 14.2 Å². The van der Waals surface area contributed by atoms with E-state index in [2.05, 4.69) is 0 Å². The molecule has 4 rings (SSSR count). The van der Waals surface area contributed by atoms with Crippen LogP contribution in [0.25, 0.3) is 11.8 Å². The molecule has 1 aromatic heterocycles. The summed E-state index contributed by atoms with van der Waals surface area (Å²) >= 11 is 0.841. The van der Waals surface area contributed by atoms with Crippen LogP contribution in [0, 0.1) is 13.8 Å². The minimum Gasteiger partial charge on any atom is -0.465 e. The third-order valence-corrected chi connectivity index (χ3v) is 7.09. The number of aryl methyl sites for hydroxylation is 1. The van der Waals surface area contributed by atoms with E-state index >= 15 is 0 Å². The van der Waals surface area contributed by atoms with Crippen molar-refractivity contribution in [3.8, 4) is 5.69 Å². The number of piperidine rings is 1. The molecule has 1 aromatic carbocycles. The second-order valence-electron chi connectivity index (χ2n) is 8.38. The Bertz CT molecular complexity index is 1190. The topological polar surface area (TPSA) is 88.9 Å². The molecule has 2 aliphatic rings. The number of likely N-dealkylation sites (tertiary alicyclic amines) is 1. The fourth-order valence-electron chi connectivity index (χ4n) is 4.41. The number of hydrogen-bond donors (Lipinski definition) is 0. The van der Waals surface area contributed by atoms with E-state index in [-0.39, 0.29) is 17.4 Å². The Balaban J connectivity index is 1.60. The van der Waals surface area contributed by atoms with E-state index in [4.69, 9.17) is 4.74 Å². The quantitative estimate of drug-likeness (QED) is 0.475. The van der Waals surface area contributed by atoms with Crippen molar-refractivity contribution in [1.82, 2.24) is 14.4 Å². The molecular weight excluding hydrogens is 454 g/mol. The van der Waals surface area contributed by atoms with E-state index in [1.165, 1.54) is 7.11 Å². The number of methoxy groups -OCH3 is 1. The molecule has 0 spiro atoms. The summed E-state index contributed by atoms with van der Waals surface area (Å²) < 4.78 is 6.84. The third-order valence-electron chi connectivity index (χ3n) is 6.18. The van der Waals surface area contributed by atoms with E-state index in [0.717, 1.165) is 52.9 Å². The Morgan fingerprint density at radius 2 is 1.79 bits per heavy atom. The van der Waals surface area contributed by atoms with Gasteiger partial charge in [0.15, 0.2) is 0 Å². The van der Waals surface area contributed by atoms with Gasteiger partial charge in [-0.05, 0) is 74.7 Å². The molecule has 0 radical (unpaired) electrons. The first-order chi connectivity index (χ1) is 16.3. The van der Waals surface area contributed by atoms with Crippen LogP contribution in [0.4, 0.5) is 4.79 Å². The van der Waals surface area contributed by atoms with Crippen LogP contribution in [0.5, 0.6) is 0 Å². The molecule has 2 aliphatic heterocycles. The maximum Gasteiger partial charge on any atom is 0.339 e. The maximum atomic E-state index is 13.0. The van der Waals surface area contributed by atoms with Crippen LogP contribution in [-0.2, 0) is 14.3 Å². The molecule has 3 heterocycles. The molecule has 9 heteroatoms. The van der Waals surface area contributed by atoms with Gasteiger partial charge in [-0.3, -0.25) is 19.3 Å². The predicted octanol–water partition coefficient (Wildman–Crippen LogP) is 3.93. The molecule has 0 N–H and O–H groups in total. The zero-order valence-corrected chi connectivity index (χ0v) is 20.3.